The first-order chi connectivity index (χ1) is 19.5. The Morgan fingerprint density at radius 2 is 1.90 bits per heavy atom. The molecule has 0 amide bonds. The summed E-state index contributed by atoms with van der Waals surface area (Å²) in [5.74, 6) is 0.502. The number of hydrogen-bond donors (Lipinski definition) is 1. The zero-order valence-electron chi connectivity index (χ0n) is 22.4. The van der Waals surface area contributed by atoms with E-state index < -0.39 is 20.7 Å². The van der Waals surface area contributed by atoms with Crippen LogP contribution < -0.4 is 10.0 Å². The van der Waals surface area contributed by atoms with Crippen molar-refractivity contribution in [2.45, 2.75) is 38.5 Å². The number of alkyl halides is 5. The van der Waals surface area contributed by atoms with E-state index in [1.54, 1.807) is 18.3 Å². The van der Waals surface area contributed by atoms with Crippen LogP contribution in [0.3, 0.4) is 0 Å². The molecule has 1 atom stereocenters. The first-order valence-electron chi connectivity index (χ1n) is 13.0. The van der Waals surface area contributed by atoms with E-state index in [1.807, 2.05) is 43.4 Å². The summed E-state index contributed by atoms with van der Waals surface area (Å²) in [6.45, 7) is 4.02. The third kappa shape index (κ3) is 5.21. The van der Waals surface area contributed by atoms with Crippen molar-refractivity contribution in [1.29, 1.82) is 0 Å². The number of nitrogens with one attached hydrogen (secondary N) is 1. The van der Waals surface area contributed by atoms with Gasteiger partial charge in [0.15, 0.2) is 5.82 Å². The molecular weight excluding hydrogens is 562 g/mol. The highest BCUT2D eigenvalue weighted by Gasteiger charge is 2.36. The highest BCUT2D eigenvalue weighted by Crippen LogP contribution is 2.48. The highest BCUT2D eigenvalue weighted by molar-refractivity contribution is 7.64. The van der Waals surface area contributed by atoms with Crippen LogP contribution in [0.15, 0.2) is 48.7 Å². The number of hydrogen-bond acceptors (Lipinski definition) is 4. The van der Waals surface area contributed by atoms with E-state index >= 15 is 0 Å². The fraction of sp³-hybridized carbons (Fsp3) is 0.321. The molecule has 0 aliphatic heterocycles. The van der Waals surface area contributed by atoms with Gasteiger partial charge in [0.2, 0.25) is 0 Å². The van der Waals surface area contributed by atoms with E-state index in [-0.39, 0.29) is 28.7 Å². The summed E-state index contributed by atoms with van der Waals surface area (Å²) < 4.78 is 74.5. The Morgan fingerprint density at radius 3 is 2.56 bits per heavy atom. The molecule has 3 aromatic heterocycles. The monoisotopic (exact) mass is 588 g/mol. The van der Waals surface area contributed by atoms with Gasteiger partial charge in [-0.05, 0) is 49.2 Å². The maximum absolute atomic E-state index is 13.5. The van der Waals surface area contributed by atoms with Crippen LogP contribution in [-0.4, -0.2) is 48.7 Å². The number of rotatable bonds is 8. The minimum Gasteiger partial charge on any atom is -0.405 e. The smallest absolute Gasteiger partial charge is 0.405 e. The molecule has 41 heavy (non-hydrogen) atoms. The summed E-state index contributed by atoms with van der Waals surface area (Å²) in [7, 11) is 1.18. The standard InChI is InChI=1S/C28H26F5N6OP/c1-4-41(3)16-10-11-18(22(12-16)40-28(31,32)33)27-34-24(25(38(27)2)15-8-9-15)17-6-5-7-20-19(17)14-39(37-20)23-13-21(26(29)30)35-36-23/h5-7,10-15,26H,4,8-9H2,1-3H3,(H,35,36). The number of imidazole rings is 1. The summed E-state index contributed by atoms with van der Waals surface area (Å²) in [5, 5.41) is 12.3. The fourth-order valence-electron chi connectivity index (χ4n) is 5.02. The van der Waals surface area contributed by atoms with Gasteiger partial charge in [0.1, 0.15) is 17.3 Å². The summed E-state index contributed by atoms with van der Waals surface area (Å²) in [4.78, 5) is 4.92. The van der Waals surface area contributed by atoms with Gasteiger partial charge < -0.3 is 9.30 Å². The van der Waals surface area contributed by atoms with Crippen LogP contribution in [0.25, 0.3) is 39.4 Å². The number of halogens is 5. The quantitative estimate of drug-likeness (QED) is 0.153. The lowest BCUT2D eigenvalue weighted by Crippen LogP contribution is -2.19. The number of nitrogens with zero attached hydrogens (tertiary/aromatic N) is 5. The number of fused-ring (bicyclic) bond motifs is 1. The molecule has 214 valence electrons. The van der Waals surface area contributed by atoms with Crippen molar-refractivity contribution >= 4 is 24.1 Å². The molecule has 0 radical (unpaired) electrons. The minimum absolute atomic E-state index is 0.205. The molecule has 1 aliphatic rings. The Labute approximate surface area is 233 Å². The Morgan fingerprint density at radius 1 is 1.12 bits per heavy atom. The third-order valence-corrected chi connectivity index (χ3v) is 9.42. The Hall–Kier alpha value is -3.79. The molecule has 3 heterocycles. The number of H-pyrrole nitrogens is 1. The molecule has 2 aromatic carbocycles. The Bertz CT molecular complexity index is 1740. The average molecular weight is 589 g/mol. The van der Waals surface area contributed by atoms with Gasteiger partial charge in [-0.3, -0.25) is 5.10 Å². The molecule has 7 nitrogen and oxygen atoms in total. The highest BCUT2D eigenvalue weighted by atomic mass is 31.1. The van der Waals surface area contributed by atoms with Gasteiger partial charge in [-0.1, -0.05) is 33.0 Å². The first kappa shape index (κ1) is 27.4. The van der Waals surface area contributed by atoms with Crippen LogP contribution >= 0.6 is 7.92 Å². The third-order valence-electron chi connectivity index (χ3n) is 7.31. The molecule has 6 rings (SSSR count). The van der Waals surface area contributed by atoms with Gasteiger partial charge in [0.05, 0.1) is 16.8 Å². The lowest BCUT2D eigenvalue weighted by molar-refractivity contribution is -0.274. The molecule has 0 spiro atoms. The topological polar surface area (TPSA) is 73.5 Å². The number of benzene rings is 2. The van der Waals surface area contributed by atoms with E-state index in [0.717, 1.165) is 35.6 Å². The van der Waals surface area contributed by atoms with Crippen LogP contribution in [0.1, 0.15) is 43.5 Å². The van der Waals surface area contributed by atoms with Crippen LogP contribution in [0, 0.1) is 0 Å². The molecule has 1 fully saturated rings. The predicted molar refractivity (Wildman–Crippen MR) is 147 cm³/mol. The van der Waals surface area contributed by atoms with Gasteiger partial charge in [0, 0.05) is 41.9 Å². The SMILES string of the molecule is CCP(C)c1ccc(-c2nc(-c3cccc4nn(-c5cc(C(F)F)[nH]n5)cc34)c(C3CC3)n2C)c(OC(F)(F)F)c1. The van der Waals surface area contributed by atoms with Gasteiger partial charge in [-0.2, -0.15) is 10.2 Å². The van der Waals surface area contributed by atoms with Crippen molar-refractivity contribution in [1.82, 2.24) is 29.5 Å². The van der Waals surface area contributed by atoms with Gasteiger partial charge in [-0.25, -0.2) is 18.4 Å². The van der Waals surface area contributed by atoms with E-state index in [4.69, 9.17) is 4.98 Å². The number of ether oxygens (including phenoxy) is 1. The fourth-order valence-corrected chi connectivity index (χ4v) is 6.05. The summed E-state index contributed by atoms with van der Waals surface area (Å²) in [6, 6.07) is 11.7. The summed E-state index contributed by atoms with van der Waals surface area (Å²) in [6.07, 6.45) is -3.16. The number of aromatic amines is 1. The molecule has 0 saturated heterocycles. The average Bonchev–Trinajstić information content (AvgIpc) is 3.32. The molecule has 0 bridgehead atoms. The van der Waals surface area contributed by atoms with E-state index in [2.05, 4.69) is 20.0 Å². The van der Waals surface area contributed by atoms with Crippen molar-refractivity contribution in [3.8, 4) is 34.2 Å². The second-order valence-corrected chi connectivity index (χ2v) is 12.6. The van der Waals surface area contributed by atoms with Gasteiger partial charge in [-0.15, -0.1) is 13.2 Å². The van der Waals surface area contributed by atoms with Crippen LogP contribution in [-0.2, 0) is 7.05 Å². The lowest BCUT2D eigenvalue weighted by atomic mass is 10.0. The van der Waals surface area contributed by atoms with Crippen molar-refractivity contribution in [3.05, 3.63) is 60.0 Å². The molecule has 1 unspecified atom stereocenters. The summed E-state index contributed by atoms with van der Waals surface area (Å²) >= 11 is 0. The summed E-state index contributed by atoms with van der Waals surface area (Å²) in [5.41, 5.74) is 2.81. The van der Waals surface area contributed by atoms with Crippen molar-refractivity contribution in [2.24, 2.45) is 7.05 Å². The maximum Gasteiger partial charge on any atom is 0.573 e. The molecule has 1 N–H and O–H groups in total. The van der Waals surface area contributed by atoms with E-state index in [9.17, 15) is 22.0 Å². The zero-order chi connectivity index (χ0) is 29.1. The maximum atomic E-state index is 13.5. The minimum atomic E-state index is -4.86. The largest absolute Gasteiger partial charge is 0.573 e. The second-order valence-electron chi connectivity index (χ2n) is 10.0. The van der Waals surface area contributed by atoms with Crippen molar-refractivity contribution < 1.29 is 26.7 Å². The second kappa shape index (κ2) is 10.2. The Kier molecular flexibility index (Phi) is 6.84. The van der Waals surface area contributed by atoms with Crippen molar-refractivity contribution in [3.63, 3.8) is 0 Å². The molecule has 5 aromatic rings. The van der Waals surface area contributed by atoms with Crippen molar-refractivity contribution in [2.75, 3.05) is 12.8 Å². The zero-order valence-corrected chi connectivity index (χ0v) is 23.3. The Balaban J connectivity index is 1.50. The molecule has 1 aliphatic carbocycles. The van der Waals surface area contributed by atoms with Crippen LogP contribution in [0.5, 0.6) is 5.75 Å². The predicted octanol–water partition coefficient (Wildman–Crippen LogP) is 7.29. The molecular formula is C28H26F5N6OP. The normalized spacial score (nSPS) is 14.8. The lowest BCUT2D eigenvalue weighted by Gasteiger charge is -2.17. The van der Waals surface area contributed by atoms with Crippen LogP contribution in [0.2, 0.25) is 0 Å². The van der Waals surface area contributed by atoms with Gasteiger partial charge in [0.25, 0.3) is 6.43 Å². The van der Waals surface area contributed by atoms with E-state index in [1.165, 1.54) is 16.8 Å². The molecule has 13 heteroatoms. The van der Waals surface area contributed by atoms with E-state index in [0.29, 0.717) is 22.4 Å². The van der Waals surface area contributed by atoms with Crippen LogP contribution in [0.4, 0.5) is 22.0 Å². The first-order valence-corrected chi connectivity index (χ1v) is 15.0. The number of aromatic nitrogens is 6. The molecule has 1 saturated carbocycles. The van der Waals surface area contributed by atoms with Gasteiger partial charge >= 0.3 is 6.36 Å².